The molecule has 2 N–H and O–H groups in total. The van der Waals surface area contributed by atoms with E-state index in [4.69, 9.17) is 4.79 Å². The molecule has 188 valence electrons. The number of aromatic amines is 1. The van der Waals surface area contributed by atoms with Gasteiger partial charge in [-0.3, -0.25) is 9.78 Å². The molecule has 2 saturated heterocycles. The Morgan fingerprint density at radius 1 is 1.21 bits per heavy atom. The molecule has 2 aromatic heterocycles. The molecule has 5 rings (SSSR count). The lowest BCUT2D eigenvalue weighted by molar-refractivity contribution is -0.109. The molecule has 8 nitrogen and oxygen atoms in total. The van der Waals surface area contributed by atoms with Crippen molar-refractivity contribution in [3.8, 4) is 11.3 Å². The predicted octanol–water partition coefficient (Wildman–Crippen LogP) is 3.94. The number of hydrogen-bond donors (Lipinski definition) is 2. The van der Waals surface area contributed by atoms with Crippen molar-refractivity contribution in [2.24, 2.45) is 0 Å². The minimum atomic E-state index is -3.59. The van der Waals surface area contributed by atoms with Crippen LogP contribution in [-0.4, -0.2) is 68.3 Å². The largest absolute Gasteiger partial charge is 0.365 e. The monoisotopic (exact) mass is 609 g/mol. The molecule has 2 fully saturated rings. The first kappa shape index (κ1) is 26.3. The summed E-state index contributed by atoms with van der Waals surface area (Å²) in [4.78, 5) is 18.4. The second kappa shape index (κ2) is 10.5. The summed E-state index contributed by atoms with van der Waals surface area (Å²) in [6.07, 6.45) is 2.93. The van der Waals surface area contributed by atoms with E-state index in [1.54, 1.807) is 36.3 Å². The summed E-state index contributed by atoms with van der Waals surface area (Å²) < 4.78 is 54.9. The average Bonchev–Trinajstić information content (AvgIpc) is 3.34. The van der Waals surface area contributed by atoms with Crippen molar-refractivity contribution >= 4 is 57.1 Å². The Kier molecular flexibility index (Phi) is 8.14. The second-order valence-corrected chi connectivity index (χ2v) is 9.93. The molecule has 0 spiro atoms. The van der Waals surface area contributed by atoms with E-state index in [0.29, 0.717) is 36.4 Å². The molecule has 0 aliphatic carbocycles. The Morgan fingerprint density at radius 3 is 2.50 bits per heavy atom. The zero-order chi connectivity index (χ0) is 23.6. The van der Waals surface area contributed by atoms with Crippen LogP contribution in [0.3, 0.4) is 0 Å². The fourth-order valence-electron chi connectivity index (χ4n) is 3.89. The van der Waals surface area contributed by atoms with Crippen molar-refractivity contribution in [2.75, 3.05) is 38.1 Å². The van der Waals surface area contributed by atoms with E-state index >= 15 is 0 Å². The van der Waals surface area contributed by atoms with Gasteiger partial charge in [0.15, 0.2) is 0 Å². The molecule has 0 atom stereocenters. The molecule has 4 heterocycles. The van der Waals surface area contributed by atoms with Crippen LogP contribution in [0.4, 0.5) is 14.5 Å². The van der Waals surface area contributed by atoms with Crippen LogP contribution in [0.2, 0.25) is 0 Å². The summed E-state index contributed by atoms with van der Waals surface area (Å²) in [6, 6.07) is 10.2. The number of pyridine rings is 1. The van der Waals surface area contributed by atoms with Gasteiger partial charge in [0.05, 0.1) is 28.2 Å². The third kappa shape index (κ3) is 5.33. The first-order valence-corrected chi connectivity index (χ1v) is 12.0. The van der Waals surface area contributed by atoms with Crippen molar-refractivity contribution in [1.82, 2.24) is 19.6 Å². The number of hydrogen-bond acceptors (Lipinski definition) is 5. The zero-order valence-corrected chi connectivity index (χ0v) is 21.6. The predicted molar refractivity (Wildman–Crippen MR) is 141 cm³/mol. The van der Waals surface area contributed by atoms with E-state index in [1.165, 1.54) is 10.4 Å². The number of sulfonamides is 1. The summed E-state index contributed by atoms with van der Waals surface area (Å²) in [7, 11) is -2.03. The number of anilines is 1. The molecule has 3 aromatic rings. The van der Waals surface area contributed by atoms with E-state index < -0.39 is 15.9 Å². The molecule has 12 heteroatoms. The van der Waals surface area contributed by atoms with Crippen LogP contribution in [0.25, 0.3) is 22.3 Å². The van der Waals surface area contributed by atoms with Gasteiger partial charge in [0, 0.05) is 53.4 Å². The van der Waals surface area contributed by atoms with Gasteiger partial charge < -0.3 is 15.2 Å². The molecule has 2 aliphatic rings. The molecule has 34 heavy (non-hydrogen) atoms. The summed E-state index contributed by atoms with van der Waals surface area (Å²) >= 11 is 0. The number of rotatable bonds is 5. The van der Waals surface area contributed by atoms with E-state index in [9.17, 15) is 17.2 Å². The molecule has 2 aliphatic heterocycles. The molecule has 0 radical (unpaired) electrons. The van der Waals surface area contributed by atoms with Gasteiger partial charge in [-0.2, -0.15) is 4.31 Å². The highest BCUT2D eigenvalue weighted by atomic mass is 127. The minimum Gasteiger partial charge on any atom is -0.365 e. The summed E-state index contributed by atoms with van der Waals surface area (Å²) in [5.74, 6) is -2.75. The number of benzene rings is 1. The lowest BCUT2D eigenvalue weighted by atomic mass is 10.1. The highest BCUT2D eigenvalue weighted by Gasteiger charge is 2.39. The number of alkyl halides is 2. The fourth-order valence-corrected chi connectivity index (χ4v) is 5.43. The number of H-pyrrole nitrogens is 1. The quantitative estimate of drug-likeness (QED) is 0.338. The molecular weight excluding hydrogens is 579 g/mol. The van der Waals surface area contributed by atoms with Crippen LogP contribution >= 0.6 is 24.0 Å². The Bertz CT molecular complexity index is 1240. The molecule has 0 bridgehead atoms. The number of carbonyl (C=O) groups excluding carboxylic acids is 1. The van der Waals surface area contributed by atoms with Crippen LogP contribution in [0, 0.1) is 0 Å². The lowest BCUT2D eigenvalue weighted by Crippen LogP contribution is -2.41. The summed E-state index contributed by atoms with van der Waals surface area (Å²) in [5, 5.41) is 2.25. The number of fused-ring (bicyclic) bond motifs is 1. The number of aromatic nitrogens is 2. The zero-order valence-electron chi connectivity index (χ0n) is 18.5. The highest BCUT2D eigenvalue weighted by Crippen LogP contribution is 2.39. The lowest BCUT2D eigenvalue weighted by Gasteiger charge is -2.30. The fraction of sp³-hybridized carbons (Fsp3) is 0.364. The van der Waals surface area contributed by atoms with E-state index in [1.807, 2.05) is 12.1 Å². The van der Waals surface area contributed by atoms with E-state index in [-0.39, 0.29) is 51.2 Å². The average molecular weight is 609 g/mol. The Morgan fingerprint density at radius 2 is 1.94 bits per heavy atom. The molecule has 1 aromatic carbocycles. The number of amides is 1. The van der Waals surface area contributed by atoms with Crippen molar-refractivity contribution in [2.45, 2.75) is 23.7 Å². The van der Waals surface area contributed by atoms with Crippen LogP contribution in [0.1, 0.15) is 15.7 Å². The highest BCUT2D eigenvalue weighted by molar-refractivity contribution is 14.0. The van der Waals surface area contributed by atoms with E-state index in [0.717, 1.165) is 17.5 Å². The maximum atomic E-state index is 13.8. The normalized spacial score (nSPS) is 17.3. The third-order valence-corrected chi connectivity index (χ3v) is 7.62. The van der Waals surface area contributed by atoms with Crippen molar-refractivity contribution in [3.05, 3.63) is 42.6 Å². The van der Waals surface area contributed by atoms with Crippen molar-refractivity contribution < 1.29 is 24.8 Å². The minimum absolute atomic E-state index is 0. The number of nitrogens with zero attached hydrogens (tertiary/aromatic N) is 3. The van der Waals surface area contributed by atoms with Crippen LogP contribution < -0.4 is 10.2 Å². The molecule has 1 amide bonds. The van der Waals surface area contributed by atoms with Gasteiger partial charge in [0.25, 0.3) is 5.92 Å². The SMILES string of the molecule is CNC=O.I.O=S(=O)(c1ccc(N2CCC(F)(F)C2)c(-c2cc3ncccc3[nH]2)c1)N1CCC1.[HH].[HH]. The van der Waals surface area contributed by atoms with Gasteiger partial charge >= 0.3 is 0 Å². The molecule has 0 saturated carbocycles. The number of nitrogens with one attached hydrogen (secondary N) is 2. The van der Waals surface area contributed by atoms with Crippen LogP contribution in [0.5, 0.6) is 0 Å². The van der Waals surface area contributed by atoms with E-state index in [2.05, 4.69) is 15.3 Å². The van der Waals surface area contributed by atoms with Gasteiger partial charge in [-0.1, -0.05) is 0 Å². The molecular formula is C22H30F2IN5O3S. The van der Waals surface area contributed by atoms with Crippen LogP contribution in [-0.2, 0) is 14.8 Å². The van der Waals surface area contributed by atoms with Gasteiger partial charge in [0.2, 0.25) is 16.4 Å². The van der Waals surface area contributed by atoms with Crippen molar-refractivity contribution in [3.63, 3.8) is 0 Å². The number of carbonyl (C=O) groups is 1. The Labute approximate surface area is 216 Å². The van der Waals surface area contributed by atoms with Gasteiger partial charge in [-0.15, -0.1) is 24.0 Å². The molecule has 0 unspecified atom stereocenters. The maximum absolute atomic E-state index is 13.8. The standard InChI is InChI=1S/C20H20F2N4O2S.C2H5NO.HI.2H2/c21-20(22)6-10-25(13-20)19-5-4-14(29(27,28)26-8-2-9-26)11-15(19)17-12-18-16(24-17)3-1-7-23-18;1-3-2-4;;;/h1,3-5,7,11-12,24H,2,6,8-10,13H2;2H,1H3,(H,3,4);3*1H. The third-order valence-electron chi connectivity index (χ3n) is 5.73. The van der Waals surface area contributed by atoms with Gasteiger partial charge in [0.1, 0.15) is 0 Å². The second-order valence-electron chi connectivity index (χ2n) is 7.99. The van der Waals surface area contributed by atoms with Crippen molar-refractivity contribution in [1.29, 1.82) is 0 Å². The summed E-state index contributed by atoms with van der Waals surface area (Å²) in [6.45, 7) is 0.857. The first-order valence-electron chi connectivity index (χ1n) is 10.6. The Hall–Kier alpha value is -2.32. The van der Waals surface area contributed by atoms with Crippen LogP contribution in [0.15, 0.2) is 47.5 Å². The first-order chi connectivity index (χ1) is 15.7. The van der Waals surface area contributed by atoms with Gasteiger partial charge in [-0.25, -0.2) is 17.2 Å². The topological polar surface area (TPSA) is 98.4 Å². The van der Waals surface area contributed by atoms with Gasteiger partial charge in [-0.05, 0) is 42.8 Å². The smallest absolute Gasteiger partial charge is 0.266 e. The maximum Gasteiger partial charge on any atom is 0.266 e. The Balaban J connectivity index is 0.000000865. The summed E-state index contributed by atoms with van der Waals surface area (Å²) in [5.41, 5.74) is 3.37. The number of halogens is 3.